The molecule has 112 valence electrons. The molecule has 0 unspecified atom stereocenters. The molecule has 0 saturated heterocycles. The fourth-order valence-corrected chi connectivity index (χ4v) is 2.35. The van der Waals surface area contributed by atoms with Crippen molar-refractivity contribution in [1.29, 1.82) is 0 Å². The Balaban J connectivity index is 2.37. The number of nitrogens with one attached hydrogen (secondary N) is 1. The third-order valence-electron chi connectivity index (χ3n) is 3.22. The zero-order valence-corrected chi connectivity index (χ0v) is 12.3. The Kier molecular flexibility index (Phi) is 3.46. The highest BCUT2D eigenvalue weighted by Gasteiger charge is 2.18. The summed E-state index contributed by atoms with van der Waals surface area (Å²) in [6.45, 7) is 4.08. The van der Waals surface area contributed by atoms with Crippen molar-refractivity contribution >= 4 is 11.6 Å². The van der Waals surface area contributed by atoms with Gasteiger partial charge in [0.1, 0.15) is 5.69 Å². The van der Waals surface area contributed by atoms with Gasteiger partial charge in [-0.3, -0.25) is 14.6 Å². The summed E-state index contributed by atoms with van der Waals surface area (Å²) in [5.74, 6) is -0.262. The van der Waals surface area contributed by atoms with Crippen molar-refractivity contribution in [3.05, 3.63) is 58.4 Å². The van der Waals surface area contributed by atoms with Crippen LogP contribution >= 0.6 is 0 Å². The minimum atomic E-state index is -0.262. The molecule has 7 nitrogen and oxygen atoms in total. The average molecular weight is 297 g/mol. The molecule has 0 radical (unpaired) electrons. The fraction of sp³-hybridized carbons (Fsp3) is 0.200. The van der Waals surface area contributed by atoms with Crippen LogP contribution in [0.15, 0.2) is 41.5 Å². The normalized spacial score (nSPS) is 10.8. The molecule has 3 aromatic heterocycles. The lowest BCUT2D eigenvalue weighted by Gasteiger charge is -2.10. The Bertz CT molecular complexity index is 895. The van der Waals surface area contributed by atoms with E-state index in [1.807, 2.05) is 6.92 Å². The van der Waals surface area contributed by atoms with Gasteiger partial charge in [-0.1, -0.05) is 0 Å². The van der Waals surface area contributed by atoms with Crippen molar-refractivity contribution in [2.75, 3.05) is 6.54 Å². The van der Waals surface area contributed by atoms with Gasteiger partial charge in [0.15, 0.2) is 5.65 Å². The van der Waals surface area contributed by atoms with Crippen molar-refractivity contribution in [2.45, 2.75) is 13.8 Å². The van der Waals surface area contributed by atoms with Crippen molar-refractivity contribution < 1.29 is 4.79 Å². The molecule has 3 heterocycles. The molecule has 1 N–H and O–H groups in total. The van der Waals surface area contributed by atoms with Crippen LogP contribution in [0.4, 0.5) is 0 Å². The molecule has 0 aliphatic carbocycles. The molecule has 0 aromatic carbocycles. The van der Waals surface area contributed by atoms with Crippen LogP contribution in [0.5, 0.6) is 0 Å². The molecule has 0 atom stereocenters. The smallest absolute Gasteiger partial charge is 0.273 e. The van der Waals surface area contributed by atoms with E-state index in [0.29, 0.717) is 29.3 Å². The number of fused-ring (bicyclic) bond motifs is 1. The standard InChI is InChI=1S/C15H15N5O2/c1-3-17-15(22)12-9-13-18-10(2)8-14(21)20(13)19(12)11-4-6-16-7-5-11/h4-9H,3H2,1-2H3,(H,17,22). The number of nitrogens with zero attached hydrogens (tertiary/aromatic N) is 4. The predicted octanol–water partition coefficient (Wildman–Crippen LogP) is 0.938. The molecule has 0 spiro atoms. The number of amides is 1. The van der Waals surface area contributed by atoms with Crippen LogP contribution in [0.3, 0.4) is 0 Å². The first-order valence-corrected chi connectivity index (χ1v) is 6.93. The highest BCUT2D eigenvalue weighted by molar-refractivity contribution is 5.94. The minimum Gasteiger partial charge on any atom is -0.351 e. The Hall–Kier alpha value is -2.96. The van der Waals surface area contributed by atoms with Crippen molar-refractivity contribution in [1.82, 2.24) is 24.5 Å². The van der Waals surface area contributed by atoms with E-state index in [1.165, 1.54) is 10.6 Å². The maximum atomic E-state index is 12.3. The predicted molar refractivity (Wildman–Crippen MR) is 81.3 cm³/mol. The number of hydrogen-bond acceptors (Lipinski definition) is 4. The van der Waals surface area contributed by atoms with Gasteiger partial charge in [0.25, 0.3) is 11.5 Å². The third kappa shape index (κ3) is 2.26. The quantitative estimate of drug-likeness (QED) is 0.780. The first-order valence-electron chi connectivity index (χ1n) is 6.93. The van der Waals surface area contributed by atoms with E-state index in [2.05, 4.69) is 15.3 Å². The number of carbonyl (C=O) groups excluding carboxylic acids is 1. The van der Waals surface area contributed by atoms with Gasteiger partial charge in [0, 0.05) is 36.8 Å². The van der Waals surface area contributed by atoms with E-state index < -0.39 is 0 Å². The summed E-state index contributed by atoms with van der Waals surface area (Å²) < 4.78 is 2.93. The van der Waals surface area contributed by atoms with Crippen LogP contribution in [0.2, 0.25) is 0 Å². The highest BCUT2D eigenvalue weighted by Crippen LogP contribution is 2.14. The molecule has 0 fully saturated rings. The van der Waals surface area contributed by atoms with Gasteiger partial charge in [-0.2, -0.15) is 4.52 Å². The van der Waals surface area contributed by atoms with E-state index in [-0.39, 0.29) is 11.5 Å². The second-order valence-corrected chi connectivity index (χ2v) is 4.81. The van der Waals surface area contributed by atoms with Crippen molar-refractivity contribution in [3.8, 4) is 5.69 Å². The molecule has 0 bridgehead atoms. The molecule has 22 heavy (non-hydrogen) atoms. The van der Waals surface area contributed by atoms with Crippen LogP contribution in [0.1, 0.15) is 23.1 Å². The summed E-state index contributed by atoms with van der Waals surface area (Å²) in [4.78, 5) is 33.0. The summed E-state index contributed by atoms with van der Waals surface area (Å²) in [7, 11) is 0. The number of hydrogen-bond donors (Lipinski definition) is 1. The van der Waals surface area contributed by atoms with Gasteiger partial charge in [-0.15, -0.1) is 0 Å². The highest BCUT2D eigenvalue weighted by atomic mass is 16.2. The van der Waals surface area contributed by atoms with Gasteiger partial charge in [-0.05, 0) is 26.0 Å². The van der Waals surface area contributed by atoms with Crippen LogP contribution in [0, 0.1) is 6.92 Å². The van der Waals surface area contributed by atoms with Crippen LogP contribution in [-0.2, 0) is 0 Å². The maximum absolute atomic E-state index is 12.3. The zero-order valence-electron chi connectivity index (χ0n) is 12.3. The van der Waals surface area contributed by atoms with E-state index >= 15 is 0 Å². The van der Waals surface area contributed by atoms with E-state index in [9.17, 15) is 9.59 Å². The Morgan fingerprint density at radius 2 is 2.00 bits per heavy atom. The van der Waals surface area contributed by atoms with E-state index in [4.69, 9.17) is 0 Å². The van der Waals surface area contributed by atoms with Crippen LogP contribution in [-0.4, -0.2) is 31.6 Å². The summed E-state index contributed by atoms with van der Waals surface area (Å²) in [6, 6.07) is 6.51. The molecule has 0 saturated carbocycles. The van der Waals surface area contributed by atoms with E-state index in [0.717, 1.165) is 0 Å². The number of carbonyl (C=O) groups is 1. The molecule has 0 aliphatic rings. The monoisotopic (exact) mass is 297 g/mol. The number of aromatic nitrogens is 4. The third-order valence-corrected chi connectivity index (χ3v) is 3.22. The zero-order chi connectivity index (χ0) is 15.7. The summed E-state index contributed by atoms with van der Waals surface area (Å²) in [5, 5.41) is 2.75. The molecule has 7 heteroatoms. The summed E-state index contributed by atoms with van der Waals surface area (Å²) in [6.07, 6.45) is 3.21. The van der Waals surface area contributed by atoms with Gasteiger partial charge >= 0.3 is 0 Å². The summed E-state index contributed by atoms with van der Waals surface area (Å²) in [5.41, 5.74) is 1.82. The SMILES string of the molecule is CCNC(=O)c1cc2nc(C)cc(=O)n2n1-c1ccncc1. The van der Waals surface area contributed by atoms with Crippen molar-refractivity contribution in [3.63, 3.8) is 0 Å². The molecule has 1 amide bonds. The van der Waals surface area contributed by atoms with Gasteiger partial charge in [0.05, 0.1) is 5.69 Å². The minimum absolute atomic E-state index is 0.241. The Morgan fingerprint density at radius 1 is 1.27 bits per heavy atom. The first kappa shape index (κ1) is 14.0. The molecule has 3 aromatic rings. The molecule has 3 rings (SSSR count). The summed E-state index contributed by atoms with van der Waals surface area (Å²) >= 11 is 0. The van der Waals surface area contributed by atoms with Crippen molar-refractivity contribution in [2.24, 2.45) is 0 Å². The van der Waals surface area contributed by atoms with Gasteiger partial charge < -0.3 is 5.32 Å². The molecule has 0 aliphatic heterocycles. The number of rotatable bonds is 3. The number of aryl methyl sites for hydroxylation is 1. The maximum Gasteiger partial charge on any atom is 0.273 e. The Morgan fingerprint density at radius 3 is 2.68 bits per heavy atom. The lowest BCUT2D eigenvalue weighted by Crippen LogP contribution is -2.28. The van der Waals surface area contributed by atoms with E-state index in [1.54, 1.807) is 42.2 Å². The van der Waals surface area contributed by atoms with Crippen LogP contribution in [0.25, 0.3) is 11.3 Å². The van der Waals surface area contributed by atoms with Gasteiger partial charge in [-0.25, -0.2) is 9.67 Å². The first-order chi connectivity index (χ1) is 10.6. The molecular weight excluding hydrogens is 282 g/mol. The Labute approximate surface area is 126 Å². The lowest BCUT2D eigenvalue weighted by atomic mass is 10.3. The molecular formula is C15H15N5O2. The average Bonchev–Trinajstić information content (AvgIpc) is 2.88. The number of pyridine rings is 1. The fourth-order valence-electron chi connectivity index (χ4n) is 2.35. The largest absolute Gasteiger partial charge is 0.351 e. The topological polar surface area (TPSA) is 81.3 Å². The van der Waals surface area contributed by atoms with Crippen LogP contribution < -0.4 is 10.9 Å². The lowest BCUT2D eigenvalue weighted by molar-refractivity contribution is 0.0947. The second kappa shape index (κ2) is 5.44. The second-order valence-electron chi connectivity index (χ2n) is 4.81. The van der Waals surface area contributed by atoms with Gasteiger partial charge in [0.2, 0.25) is 0 Å².